The van der Waals surface area contributed by atoms with Crippen LogP contribution in [0.5, 0.6) is 0 Å². The summed E-state index contributed by atoms with van der Waals surface area (Å²) in [4.78, 5) is 0. The molecule has 0 heterocycles. The van der Waals surface area contributed by atoms with Crippen LogP contribution in [0.1, 0.15) is 51.0 Å². The molecule has 0 N–H and O–H groups in total. The van der Waals surface area contributed by atoms with Crippen molar-refractivity contribution in [2.75, 3.05) is 6.61 Å². The van der Waals surface area contributed by atoms with Crippen molar-refractivity contribution < 1.29 is 4.52 Å². The molecule has 4 aromatic carbocycles. The third-order valence-electron chi connectivity index (χ3n) is 7.11. The first-order chi connectivity index (χ1) is 17.3. The van der Waals surface area contributed by atoms with Crippen molar-refractivity contribution in [3.63, 3.8) is 0 Å². The molecule has 4 aromatic rings. The summed E-state index contributed by atoms with van der Waals surface area (Å²) in [5, 5.41) is 3.89. The molecule has 36 heavy (non-hydrogen) atoms. The van der Waals surface area contributed by atoms with E-state index in [0.717, 1.165) is 19.2 Å². The van der Waals surface area contributed by atoms with E-state index < -0.39 is 6.83 Å². The summed E-state index contributed by atoms with van der Waals surface area (Å²) in [7, 11) is 0. The van der Waals surface area contributed by atoms with Gasteiger partial charge >= 0.3 is 212 Å². The van der Waals surface area contributed by atoms with Crippen LogP contribution in [0.3, 0.4) is 0 Å². The summed E-state index contributed by atoms with van der Waals surface area (Å²) in [6.07, 6.45) is 8.36. The zero-order chi connectivity index (χ0) is 24.3. The average Bonchev–Trinajstić information content (AvgIpc) is 2.94. The fraction of sp³-hybridized carbons (Fsp3) is 0.273. The Hall–Kier alpha value is -2.25. The van der Waals surface area contributed by atoms with Gasteiger partial charge in [0.1, 0.15) is 0 Å². The second-order valence-corrected chi connectivity index (χ2v) is 14.0. The predicted molar refractivity (Wildman–Crippen MR) is 165 cm³/mol. The van der Waals surface area contributed by atoms with Crippen molar-refractivity contribution in [1.82, 2.24) is 0 Å². The molecule has 4 rings (SSSR count). The Morgan fingerprint density at radius 1 is 0.500 bits per heavy atom. The molecule has 1 nitrogen and oxygen atoms in total. The van der Waals surface area contributed by atoms with E-state index in [0.29, 0.717) is 0 Å². The molecule has 0 atom stereocenters. The van der Waals surface area contributed by atoms with Crippen LogP contribution in [0, 0.1) is 0 Å². The summed E-state index contributed by atoms with van der Waals surface area (Å²) >= 11 is 0. The Balaban J connectivity index is 0.00000361. The minimum atomic E-state index is -3.32. The Kier molecular flexibility index (Phi) is 10.9. The van der Waals surface area contributed by atoms with Crippen LogP contribution < -0.4 is 15.9 Å². The van der Waals surface area contributed by atoms with Crippen LogP contribution in [-0.4, -0.2) is 6.61 Å². The first-order valence-corrected chi connectivity index (χ1v) is 15.5. The van der Waals surface area contributed by atoms with Crippen LogP contribution in [0.25, 0.3) is 0 Å². The first-order valence-electron chi connectivity index (χ1n) is 13.2. The maximum atomic E-state index is 7.52. The minimum absolute atomic E-state index is 0. The number of halogens is 1. The van der Waals surface area contributed by atoms with Crippen LogP contribution in [0.2, 0.25) is 0 Å². The standard InChI is InChI=1S/C33H39OP.BrH/c1-2-3-4-5-6-19-28-34-35(31-22-13-8-14-23-31,32-24-15-9-16-25-32,33-26-17-10-18-27-33)29-30-20-11-7-12-21-30;/h7-18,20-27H,2-6,19,28-29H2,1H3;1H. The van der Waals surface area contributed by atoms with Crippen molar-refractivity contribution in [3.8, 4) is 0 Å². The van der Waals surface area contributed by atoms with Crippen molar-refractivity contribution in [2.45, 2.75) is 51.6 Å². The molecule has 0 aliphatic carbocycles. The van der Waals surface area contributed by atoms with E-state index in [4.69, 9.17) is 4.52 Å². The number of rotatable bonds is 13. The van der Waals surface area contributed by atoms with E-state index in [9.17, 15) is 0 Å². The molecule has 0 bridgehead atoms. The third kappa shape index (κ3) is 6.00. The molecule has 0 aromatic heterocycles. The molecule has 0 fully saturated rings. The van der Waals surface area contributed by atoms with E-state index in [1.54, 1.807) is 0 Å². The van der Waals surface area contributed by atoms with Crippen LogP contribution in [0.4, 0.5) is 0 Å². The molecule has 0 spiro atoms. The van der Waals surface area contributed by atoms with Crippen LogP contribution >= 0.6 is 23.8 Å². The molecule has 0 aliphatic rings. The molecule has 0 saturated heterocycles. The Morgan fingerprint density at radius 2 is 0.889 bits per heavy atom. The predicted octanol–water partition coefficient (Wildman–Crippen LogP) is 8.59. The third-order valence-corrected chi connectivity index (χ3v) is 13.0. The van der Waals surface area contributed by atoms with E-state index in [-0.39, 0.29) is 17.0 Å². The monoisotopic (exact) mass is 562 g/mol. The Morgan fingerprint density at radius 3 is 1.33 bits per heavy atom. The summed E-state index contributed by atoms with van der Waals surface area (Å²) in [6.45, 7) is -0.282. The zero-order valence-corrected chi connectivity index (χ0v) is 24.1. The van der Waals surface area contributed by atoms with Gasteiger partial charge in [-0.15, -0.1) is 17.0 Å². The Bertz CT molecular complexity index is 1030. The van der Waals surface area contributed by atoms with Gasteiger partial charge in [0.25, 0.3) is 0 Å². The van der Waals surface area contributed by atoms with Gasteiger partial charge < -0.3 is 0 Å². The van der Waals surface area contributed by atoms with Gasteiger partial charge in [0.2, 0.25) is 0 Å². The van der Waals surface area contributed by atoms with Gasteiger partial charge in [-0.3, -0.25) is 0 Å². The van der Waals surface area contributed by atoms with Crippen LogP contribution in [-0.2, 0) is 10.7 Å². The van der Waals surface area contributed by atoms with Gasteiger partial charge in [0.05, 0.1) is 0 Å². The summed E-state index contributed by atoms with van der Waals surface area (Å²) in [5.74, 6) is 0. The molecule has 0 amide bonds. The van der Waals surface area contributed by atoms with Gasteiger partial charge in [-0.1, -0.05) is 0 Å². The second kappa shape index (κ2) is 13.9. The first kappa shape index (κ1) is 28.3. The van der Waals surface area contributed by atoms with Crippen LogP contribution in [0.15, 0.2) is 121 Å². The number of hydrogen-bond acceptors (Lipinski definition) is 1. The molecular weight excluding hydrogens is 523 g/mol. The fourth-order valence-corrected chi connectivity index (χ4v) is 11.1. The summed E-state index contributed by atoms with van der Waals surface area (Å²) < 4.78 is 7.52. The van der Waals surface area contributed by atoms with Gasteiger partial charge in [-0.05, 0) is 0 Å². The molecular formula is C33H40BrOP. The number of benzene rings is 4. The second-order valence-electron chi connectivity index (χ2n) is 9.46. The van der Waals surface area contributed by atoms with Gasteiger partial charge in [-0.25, -0.2) is 0 Å². The van der Waals surface area contributed by atoms with E-state index in [1.807, 2.05) is 0 Å². The molecule has 190 valence electrons. The average molecular weight is 564 g/mol. The number of unbranched alkanes of at least 4 members (excludes halogenated alkanes) is 5. The SMILES string of the molecule is Br.CCCCCCCCOP(Cc1ccccc1)(c1ccccc1)(c1ccccc1)c1ccccc1. The van der Waals surface area contributed by atoms with Gasteiger partial charge in [0.15, 0.2) is 0 Å². The summed E-state index contributed by atoms with van der Waals surface area (Å²) in [6, 6.07) is 44.0. The molecule has 0 saturated carbocycles. The summed E-state index contributed by atoms with van der Waals surface area (Å²) in [5.41, 5.74) is 1.31. The molecule has 0 unspecified atom stereocenters. The molecule has 0 radical (unpaired) electrons. The van der Waals surface area contributed by atoms with Crippen molar-refractivity contribution >= 4 is 39.7 Å². The van der Waals surface area contributed by atoms with E-state index >= 15 is 0 Å². The van der Waals surface area contributed by atoms with Crippen molar-refractivity contribution in [3.05, 3.63) is 127 Å². The Labute approximate surface area is 228 Å². The van der Waals surface area contributed by atoms with Gasteiger partial charge in [0, 0.05) is 0 Å². The van der Waals surface area contributed by atoms with E-state index in [2.05, 4.69) is 128 Å². The quantitative estimate of drug-likeness (QED) is 0.117. The topological polar surface area (TPSA) is 9.23 Å². The fourth-order valence-electron chi connectivity index (χ4n) is 5.30. The normalized spacial score (nSPS) is 12.3. The van der Waals surface area contributed by atoms with Crippen molar-refractivity contribution in [2.24, 2.45) is 0 Å². The maximum absolute atomic E-state index is 7.52. The van der Waals surface area contributed by atoms with Gasteiger partial charge in [-0.2, -0.15) is 0 Å². The van der Waals surface area contributed by atoms with Crippen molar-refractivity contribution in [1.29, 1.82) is 0 Å². The molecule has 0 aliphatic heterocycles. The van der Waals surface area contributed by atoms with E-state index in [1.165, 1.54) is 53.6 Å². The number of hydrogen-bond donors (Lipinski definition) is 0. The zero-order valence-electron chi connectivity index (χ0n) is 21.5. The molecule has 3 heteroatoms.